The highest BCUT2D eigenvalue weighted by molar-refractivity contribution is 5.80. The van der Waals surface area contributed by atoms with Gasteiger partial charge in [-0.3, -0.25) is 15.5 Å². The van der Waals surface area contributed by atoms with Gasteiger partial charge in [0.05, 0.1) is 11.1 Å². The molecule has 0 saturated carbocycles. The molecule has 5 nitrogen and oxygen atoms in total. The second-order valence-electron chi connectivity index (χ2n) is 4.24. The Morgan fingerprint density at radius 3 is 2.55 bits per heavy atom. The van der Waals surface area contributed by atoms with Crippen LogP contribution < -0.4 is 5.43 Å². The summed E-state index contributed by atoms with van der Waals surface area (Å²) in [5, 5.41) is 14.9. The molecule has 20 heavy (non-hydrogen) atoms. The number of nitro benzene ring substituents is 1. The molecule has 2 aromatic carbocycles. The highest BCUT2D eigenvalue weighted by Crippen LogP contribution is 2.22. The van der Waals surface area contributed by atoms with Gasteiger partial charge in [0, 0.05) is 6.07 Å². The second kappa shape index (κ2) is 6.47. The van der Waals surface area contributed by atoms with Crippen LogP contribution in [0.15, 0.2) is 53.6 Å². The first kappa shape index (κ1) is 13.7. The summed E-state index contributed by atoms with van der Waals surface area (Å²) in [5.74, 6) is 0. The van der Waals surface area contributed by atoms with Crippen LogP contribution in [-0.2, 0) is 6.42 Å². The average Bonchev–Trinajstić information content (AvgIpc) is 2.48. The minimum atomic E-state index is -0.437. The molecule has 0 spiro atoms. The molecule has 0 bridgehead atoms. The van der Waals surface area contributed by atoms with Crippen LogP contribution in [-0.4, -0.2) is 11.1 Å². The molecule has 0 aliphatic carbocycles. The number of benzene rings is 2. The Bertz CT molecular complexity index is 621. The van der Waals surface area contributed by atoms with Crippen molar-refractivity contribution in [3.8, 4) is 0 Å². The molecule has 0 atom stereocenters. The lowest BCUT2D eigenvalue weighted by molar-refractivity contribution is -0.384. The van der Waals surface area contributed by atoms with Crippen molar-refractivity contribution >= 4 is 17.6 Å². The number of para-hydroxylation sites is 2. The van der Waals surface area contributed by atoms with Gasteiger partial charge in [0.25, 0.3) is 5.69 Å². The summed E-state index contributed by atoms with van der Waals surface area (Å²) in [7, 11) is 0. The van der Waals surface area contributed by atoms with E-state index in [0.717, 1.165) is 12.0 Å². The number of hydrogen-bond acceptors (Lipinski definition) is 4. The summed E-state index contributed by atoms with van der Waals surface area (Å²) < 4.78 is 0. The first-order valence-electron chi connectivity index (χ1n) is 6.32. The first-order chi connectivity index (χ1) is 9.70. The number of nitro groups is 1. The summed E-state index contributed by atoms with van der Waals surface area (Å²) in [4.78, 5) is 10.4. The fraction of sp³-hybridized carbons (Fsp3) is 0.133. The summed E-state index contributed by atoms with van der Waals surface area (Å²) in [6, 6.07) is 14.4. The molecule has 5 heteroatoms. The van der Waals surface area contributed by atoms with E-state index in [4.69, 9.17) is 0 Å². The van der Waals surface area contributed by atoms with Crippen LogP contribution in [0.5, 0.6) is 0 Å². The van der Waals surface area contributed by atoms with E-state index >= 15 is 0 Å². The van der Waals surface area contributed by atoms with Crippen LogP contribution in [0.2, 0.25) is 0 Å². The molecular formula is C15H15N3O2. The number of hydrazone groups is 1. The van der Waals surface area contributed by atoms with Gasteiger partial charge in [-0.25, -0.2) is 0 Å². The van der Waals surface area contributed by atoms with Gasteiger partial charge < -0.3 is 0 Å². The lowest BCUT2D eigenvalue weighted by atomic mass is 10.1. The molecule has 2 aromatic rings. The van der Waals surface area contributed by atoms with E-state index in [1.165, 1.54) is 11.6 Å². The quantitative estimate of drug-likeness (QED) is 0.512. The van der Waals surface area contributed by atoms with E-state index < -0.39 is 4.92 Å². The number of aryl methyl sites for hydroxylation is 1. The Labute approximate surface area is 117 Å². The molecule has 1 N–H and O–H groups in total. The Kier molecular flexibility index (Phi) is 4.44. The van der Waals surface area contributed by atoms with Crippen molar-refractivity contribution in [3.63, 3.8) is 0 Å². The van der Waals surface area contributed by atoms with E-state index in [2.05, 4.69) is 17.5 Å². The number of rotatable bonds is 5. The molecule has 2 rings (SSSR count). The molecule has 0 radical (unpaired) electrons. The van der Waals surface area contributed by atoms with Gasteiger partial charge >= 0.3 is 0 Å². The highest BCUT2D eigenvalue weighted by atomic mass is 16.6. The average molecular weight is 269 g/mol. The van der Waals surface area contributed by atoms with Crippen molar-refractivity contribution in [2.45, 2.75) is 13.3 Å². The predicted molar refractivity (Wildman–Crippen MR) is 80.1 cm³/mol. The fourth-order valence-electron chi connectivity index (χ4n) is 1.74. The Hall–Kier alpha value is -2.69. The molecule has 102 valence electrons. The van der Waals surface area contributed by atoms with E-state index in [-0.39, 0.29) is 5.69 Å². The summed E-state index contributed by atoms with van der Waals surface area (Å²) >= 11 is 0. The van der Waals surface area contributed by atoms with Crippen molar-refractivity contribution in [2.75, 3.05) is 5.43 Å². The van der Waals surface area contributed by atoms with Gasteiger partial charge in [-0.15, -0.1) is 0 Å². The van der Waals surface area contributed by atoms with Crippen molar-refractivity contribution < 1.29 is 4.92 Å². The molecule has 0 saturated heterocycles. The maximum atomic E-state index is 10.8. The maximum Gasteiger partial charge on any atom is 0.294 e. The van der Waals surface area contributed by atoms with E-state index in [1.54, 1.807) is 24.4 Å². The normalized spacial score (nSPS) is 10.7. The minimum absolute atomic E-state index is 0.00554. The molecule has 0 heterocycles. The predicted octanol–water partition coefficient (Wildman–Crippen LogP) is 3.60. The molecule has 0 fully saturated rings. The zero-order valence-corrected chi connectivity index (χ0v) is 11.1. The molecule has 0 aliphatic rings. The van der Waals surface area contributed by atoms with Crippen molar-refractivity contribution in [2.24, 2.45) is 5.10 Å². The molecule has 0 aliphatic heterocycles. The zero-order chi connectivity index (χ0) is 14.4. The van der Waals surface area contributed by atoms with Crippen molar-refractivity contribution in [1.82, 2.24) is 0 Å². The van der Waals surface area contributed by atoms with Crippen LogP contribution in [0.3, 0.4) is 0 Å². The van der Waals surface area contributed by atoms with Crippen molar-refractivity contribution in [1.29, 1.82) is 0 Å². The molecule has 0 aromatic heterocycles. The minimum Gasteiger partial charge on any atom is -0.272 e. The third-order valence-corrected chi connectivity index (χ3v) is 2.89. The van der Waals surface area contributed by atoms with Gasteiger partial charge in [-0.05, 0) is 23.6 Å². The topological polar surface area (TPSA) is 67.5 Å². The first-order valence-corrected chi connectivity index (χ1v) is 6.32. The van der Waals surface area contributed by atoms with Gasteiger partial charge in [-0.2, -0.15) is 5.10 Å². The zero-order valence-electron chi connectivity index (χ0n) is 11.1. The maximum absolute atomic E-state index is 10.8. The third-order valence-electron chi connectivity index (χ3n) is 2.89. The number of anilines is 1. The fourth-order valence-corrected chi connectivity index (χ4v) is 1.74. The van der Waals surface area contributed by atoms with Crippen LogP contribution in [0.25, 0.3) is 0 Å². The second-order valence-corrected chi connectivity index (χ2v) is 4.24. The number of hydrogen-bond donors (Lipinski definition) is 1. The Morgan fingerprint density at radius 2 is 1.90 bits per heavy atom. The van der Waals surface area contributed by atoms with Gasteiger partial charge in [0.1, 0.15) is 5.69 Å². The smallest absolute Gasteiger partial charge is 0.272 e. The monoisotopic (exact) mass is 269 g/mol. The van der Waals surface area contributed by atoms with Gasteiger partial charge in [-0.1, -0.05) is 43.3 Å². The van der Waals surface area contributed by atoms with E-state index in [9.17, 15) is 10.1 Å². The van der Waals surface area contributed by atoms with Crippen molar-refractivity contribution in [3.05, 3.63) is 69.8 Å². The number of nitrogens with one attached hydrogen (secondary N) is 1. The largest absolute Gasteiger partial charge is 0.294 e. The lowest BCUT2D eigenvalue weighted by Gasteiger charge is -2.01. The van der Waals surface area contributed by atoms with Crippen LogP contribution >= 0.6 is 0 Å². The summed E-state index contributed by atoms with van der Waals surface area (Å²) in [6.07, 6.45) is 2.63. The van der Waals surface area contributed by atoms with Crippen LogP contribution in [0.1, 0.15) is 18.1 Å². The van der Waals surface area contributed by atoms with Crippen LogP contribution in [0, 0.1) is 10.1 Å². The molecular weight excluding hydrogens is 254 g/mol. The summed E-state index contributed by atoms with van der Waals surface area (Å²) in [6.45, 7) is 2.10. The van der Waals surface area contributed by atoms with E-state index in [1.807, 2.05) is 24.3 Å². The molecule has 0 amide bonds. The van der Waals surface area contributed by atoms with Gasteiger partial charge in [0.15, 0.2) is 0 Å². The Morgan fingerprint density at radius 1 is 1.20 bits per heavy atom. The summed E-state index contributed by atoms with van der Waals surface area (Å²) in [5.41, 5.74) is 5.28. The van der Waals surface area contributed by atoms with E-state index in [0.29, 0.717) is 5.69 Å². The van der Waals surface area contributed by atoms with Crippen LogP contribution in [0.4, 0.5) is 11.4 Å². The SMILES string of the molecule is CCc1ccc(/C=N\Nc2ccccc2[N+](=O)[O-])cc1. The highest BCUT2D eigenvalue weighted by Gasteiger charge is 2.10. The molecule has 0 unspecified atom stereocenters. The third kappa shape index (κ3) is 3.41. The van der Waals surface area contributed by atoms with Gasteiger partial charge in [0.2, 0.25) is 0 Å². The number of nitrogens with zero attached hydrogens (tertiary/aromatic N) is 2. The Balaban J connectivity index is 2.08. The lowest BCUT2D eigenvalue weighted by Crippen LogP contribution is -1.96. The standard InChI is InChI=1S/C15H15N3O2/c1-2-12-7-9-13(10-8-12)11-16-17-14-5-3-4-6-15(14)18(19)20/h3-11,17H,2H2,1H3/b16-11-.